The van der Waals surface area contributed by atoms with Crippen LogP contribution in [0.4, 0.5) is 0 Å². The second-order valence-electron chi connectivity index (χ2n) is 4.62. The van der Waals surface area contributed by atoms with Crippen LogP contribution in [0.25, 0.3) is 21.9 Å². The molecule has 0 aliphatic heterocycles. The van der Waals surface area contributed by atoms with Crippen molar-refractivity contribution < 1.29 is 4.74 Å². The fourth-order valence-corrected chi connectivity index (χ4v) is 2.87. The Kier molecular flexibility index (Phi) is 3.74. The molecule has 0 amide bonds. The molecule has 108 valence electrons. The van der Waals surface area contributed by atoms with E-state index < -0.39 is 0 Å². The molecule has 0 aliphatic carbocycles. The van der Waals surface area contributed by atoms with Crippen LogP contribution in [0.15, 0.2) is 30.7 Å². The summed E-state index contributed by atoms with van der Waals surface area (Å²) in [5, 5.41) is 6.97. The van der Waals surface area contributed by atoms with Gasteiger partial charge in [-0.2, -0.15) is 5.10 Å². The van der Waals surface area contributed by atoms with Gasteiger partial charge in [0, 0.05) is 35.6 Å². The fourth-order valence-electron chi connectivity index (χ4n) is 2.30. The lowest BCUT2D eigenvalue weighted by atomic mass is 10.0. The third-order valence-corrected chi connectivity index (χ3v) is 3.68. The number of hydrogen-bond acceptors (Lipinski definition) is 3. The second kappa shape index (κ2) is 5.54. The molecule has 0 spiro atoms. The first-order chi connectivity index (χ1) is 10.1. The van der Waals surface area contributed by atoms with Crippen LogP contribution in [-0.4, -0.2) is 21.4 Å². The van der Waals surface area contributed by atoms with Crippen molar-refractivity contribution in [3.8, 4) is 17.0 Å². The van der Waals surface area contributed by atoms with Crippen LogP contribution in [0.2, 0.25) is 10.0 Å². The van der Waals surface area contributed by atoms with Gasteiger partial charge in [0.25, 0.3) is 0 Å². The highest BCUT2D eigenvalue weighted by Crippen LogP contribution is 2.38. The van der Waals surface area contributed by atoms with Gasteiger partial charge in [-0.05, 0) is 24.4 Å². The van der Waals surface area contributed by atoms with Gasteiger partial charge in [0.15, 0.2) is 0 Å². The molecule has 0 atom stereocenters. The number of benzene rings is 1. The van der Waals surface area contributed by atoms with E-state index in [4.69, 9.17) is 27.9 Å². The summed E-state index contributed by atoms with van der Waals surface area (Å²) in [5.74, 6) is 0.516. The van der Waals surface area contributed by atoms with Crippen molar-refractivity contribution in [2.45, 2.75) is 6.92 Å². The van der Waals surface area contributed by atoms with Crippen LogP contribution in [-0.2, 0) is 7.05 Å². The third-order valence-electron chi connectivity index (χ3n) is 3.17. The van der Waals surface area contributed by atoms with Gasteiger partial charge in [0.05, 0.1) is 23.2 Å². The summed E-state index contributed by atoms with van der Waals surface area (Å²) in [4.78, 5) is 4.39. The molecule has 0 saturated heterocycles. The molecule has 4 nitrogen and oxygen atoms in total. The highest BCUT2D eigenvalue weighted by molar-refractivity contribution is 6.39. The van der Waals surface area contributed by atoms with Crippen LogP contribution in [0, 0.1) is 0 Å². The quantitative estimate of drug-likeness (QED) is 0.720. The van der Waals surface area contributed by atoms with E-state index in [0.717, 1.165) is 21.9 Å². The summed E-state index contributed by atoms with van der Waals surface area (Å²) in [7, 11) is 1.87. The Hall–Kier alpha value is -1.78. The molecule has 2 heterocycles. The van der Waals surface area contributed by atoms with E-state index in [0.29, 0.717) is 22.5 Å². The van der Waals surface area contributed by atoms with Crippen LogP contribution in [0.1, 0.15) is 6.92 Å². The molecule has 6 heteroatoms. The van der Waals surface area contributed by atoms with Gasteiger partial charge in [-0.1, -0.05) is 23.2 Å². The first-order valence-corrected chi connectivity index (χ1v) is 7.25. The van der Waals surface area contributed by atoms with E-state index >= 15 is 0 Å². The second-order valence-corrected chi connectivity index (χ2v) is 5.47. The molecule has 21 heavy (non-hydrogen) atoms. The van der Waals surface area contributed by atoms with Gasteiger partial charge in [0.2, 0.25) is 5.88 Å². The molecule has 1 aromatic carbocycles. The van der Waals surface area contributed by atoms with Crippen LogP contribution in [0.3, 0.4) is 0 Å². The van der Waals surface area contributed by atoms with E-state index in [1.54, 1.807) is 23.1 Å². The van der Waals surface area contributed by atoms with E-state index in [9.17, 15) is 0 Å². The number of rotatable bonds is 3. The number of fused-ring (bicyclic) bond motifs is 1. The summed E-state index contributed by atoms with van der Waals surface area (Å²) in [6.07, 6.45) is 5.47. The number of hydrogen-bond donors (Lipinski definition) is 0. The molecule has 0 aliphatic rings. The SMILES string of the molecule is CCOc1ncc(-c2cnn(C)c2)c2cc(Cl)cc(Cl)c12. The lowest BCUT2D eigenvalue weighted by molar-refractivity contribution is 0.331. The Morgan fingerprint density at radius 3 is 2.71 bits per heavy atom. The minimum absolute atomic E-state index is 0.516. The van der Waals surface area contributed by atoms with Gasteiger partial charge >= 0.3 is 0 Å². The lowest BCUT2D eigenvalue weighted by Gasteiger charge is -2.11. The Morgan fingerprint density at radius 1 is 1.24 bits per heavy atom. The van der Waals surface area contributed by atoms with Crippen molar-refractivity contribution in [1.29, 1.82) is 0 Å². The summed E-state index contributed by atoms with van der Waals surface area (Å²) in [5.41, 5.74) is 1.88. The van der Waals surface area contributed by atoms with Crippen molar-refractivity contribution >= 4 is 34.0 Å². The smallest absolute Gasteiger partial charge is 0.222 e. The summed E-state index contributed by atoms with van der Waals surface area (Å²) in [6, 6.07) is 3.57. The number of pyridine rings is 1. The topological polar surface area (TPSA) is 39.9 Å². The largest absolute Gasteiger partial charge is 0.477 e. The standard InChI is InChI=1S/C15H13Cl2N3O/c1-3-21-15-14-11(4-10(16)5-13(14)17)12(7-18-15)9-6-19-20(2)8-9/h4-8H,3H2,1-2H3. The number of aryl methyl sites for hydroxylation is 1. The number of halogens is 2. The van der Waals surface area contributed by atoms with Crippen LogP contribution < -0.4 is 4.74 Å². The van der Waals surface area contributed by atoms with Crippen LogP contribution >= 0.6 is 23.2 Å². The molecule has 0 radical (unpaired) electrons. The maximum Gasteiger partial charge on any atom is 0.222 e. The Bertz CT molecular complexity index is 814. The van der Waals surface area contributed by atoms with Crippen LogP contribution in [0.5, 0.6) is 5.88 Å². The van der Waals surface area contributed by atoms with Crippen molar-refractivity contribution in [2.24, 2.45) is 7.05 Å². The lowest BCUT2D eigenvalue weighted by Crippen LogP contribution is -1.97. The molecule has 0 N–H and O–H groups in total. The van der Waals surface area contributed by atoms with Gasteiger partial charge in [-0.15, -0.1) is 0 Å². The maximum atomic E-state index is 6.34. The highest BCUT2D eigenvalue weighted by atomic mass is 35.5. The van der Waals surface area contributed by atoms with E-state index in [1.807, 2.05) is 26.2 Å². The molecule has 0 unspecified atom stereocenters. The number of ether oxygens (including phenoxy) is 1. The Balaban J connectivity index is 2.34. The van der Waals surface area contributed by atoms with Crippen molar-refractivity contribution in [3.63, 3.8) is 0 Å². The average molecular weight is 322 g/mol. The van der Waals surface area contributed by atoms with Crippen molar-refractivity contribution in [2.75, 3.05) is 6.61 Å². The van der Waals surface area contributed by atoms with E-state index in [2.05, 4.69) is 10.1 Å². The molecule has 2 aromatic heterocycles. The minimum Gasteiger partial charge on any atom is -0.477 e. The predicted octanol–water partition coefficient (Wildman–Crippen LogP) is 4.34. The van der Waals surface area contributed by atoms with Gasteiger partial charge in [0.1, 0.15) is 0 Å². The fraction of sp³-hybridized carbons (Fsp3) is 0.200. The average Bonchev–Trinajstić information content (AvgIpc) is 2.85. The number of nitrogens with zero attached hydrogens (tertiary/aromatic N) is 3. The van der Waals surface area contributed by atoms with Gasteiger partial charge < -0.3 is 4.74 Å². The molecule has 0 fully saturated rings. The predicted molar refractivity (Wildman–Crippen MR) is 85.1 cm³/mol. The minimum atomic E-state index is 0.516. The van der Waals surface area contributed by atoms with Crippen molar-refractivity contribution in [3.05, 3.63) is 40.8 Å². The molecular weight excluding hydrogens is 309 g/mol. The van der Waals surface area contributed by atoms with Gasteiger partial charge in [-0.3, -0.25) is 4.68 Å². The summed E-state index contributed by atoms with van der Waals surface area (Å²) < 4.78 is 7.32. The van der Waals surface area contributed by atoms with Crippen molar-refractivity contribution in [1.82, 2.24) is 14.8 Å². The molecule has 3 aromatic rings. The Morgan fingerprint density at radius 2 is 2.05 bits per heavy atom. The monoisotopic (exact) mass is 321 g/mol. The Labute approximate surface area is 132 Å². The number of aromatic nitrogens is 3. The molecule has 0 saturated carbocycles. The summed E-state index contributed by atoms with van der Waals surface area (Å²) >= 11 is 12.5. The first-order valence-electron chi connectivity index (χ1n) is 6.49. The zero-order valence-corrected chi connectivity index (χ0v) is 13.1. The third kappa shape index (κ3) is 2.57. The van der Waals surface area contributed by atoms with E-state index in [-0.39, 0.29) is 0 Å². The maximum absolute atomic E-state index is 6.34. The molecule has 0 bridgehead atoms. The molecular formula is C15H13Cl2N3O. The first kappa shape index (κ1) is 14.2. The van der Waals surface area contributed by atoms with E-state index in [1.165, 1.54) is 0 Å². The zero-order valence-electron chi connectivity index (χ0n) is 11.6. The summed E-state index contributed by atoms with van der Waals surface area (Å²) in [6.45, 7) is 2.43. The molecule has 3 rings (SSSR count). The zero-order chi connectivity index (χ0) is 15.0. The highest BCUT2D eigenvalue weighted by Gasteiger charge is 2.15. The van der Waals surface area contributed by atoms with Gasteiger partial charge in [-0.25, -0.2) is 4.98 Å². The normalized spacial score (nSPS) is 11.0.